The van der Waals surface area contributed by atoms with E-state index in [0.717, 1.165) is 17.8 Å². The summed E-state index contributed by atoms with van der Waals surface area (Å²) < 4.78 is 4.84. The molecule has 0 saturated heterocycles. The van der Waals surface area contributed by atoms with Gasteiger partial charge in [0.2, 0.25) is 0 Å². The number of amides is 2. The quantitative estimate of drug-likeness (QED) is 0.826. The fourth-order valence-electron chi connectivity index (χ4n) is 1.71. The fourth-order valence-corrected chi connectivity index (χ4v) is 2.39. The minimum Gasteiger partial charge on any atom is -0.461 e. The average Bonchev–Trinajstić information content (AvgIpc) is 2.96. The van der Waals surface area contributed by atoms with E-state index >= 15 is 0 Å². The van der Waals surface area contributed by atoms with Gasteiger partial charge in [0, 0.05) is 11.1 Å². The largest absolute Gasteiger partial charge is 0.461 e. The van der Waals surface area contributed by atoms with Crippen LogP contribution in [0.1, 0.15) is 29.9 Å². The molecule has 7 heteroatoms. The van der Waals surface area contributed by atoms with E-state index in [2.05, 4.69) is 22.5 Å². The van der Waals surface area contributed by atoms with E-state index in [9.17, 15) is 9.59 Å². The summed E-state index contributed by atoms with van der Waals surface area (Å²) in [5.41, 5.74) is 2.08. The molecule has 2 rings (SSSR count). The summed E-state index contributed by atoms with van der Waals surface area (Å²) in [7, 11) is 0. The third-order valence-electron chi connectivity index (χ3n) is 2.83. The van der Waals surface area contributed by atoms with E-state index in [4.69, 9.17) is 4.74 Å². The first-order valence-electron chi connectivity index (χ1n) is 6.92. The van der Waals surface area contributed by atoms with Crippen LogP contribution < -0.4 is 10.6 Å². The van der Waals surface area contributed by atoms with E-state index < -0.39 is 12.0 Å². The minimum atomic E-state index is -0.498. The number of carbonyl (C=O) groups is 2. The van der Waals surface area contributed by atoms with Gasteiger partial charge in [-0.1, -0.05) is 19.1 Å². The highest BCUT2D eigenvalue weighted by molar-refractivity contribution is 7.14. The van der Waals surface area contributed by atoms with Crippen LogP contribution in [0, 0.1) is 0 Å². The van der Waals surface area contributed by atoms with Gasteiger partial charge in [0.15, 0.2) is 10.8 Å². The highest BCUT2D eigenvalue weighted by Crippen LogP contribution is 2.17. The second-order valence-electron chi connectivity index (χ2n) is 4.39. The summed E-state index contributed by atoms with van der Waals surface area (Å²) in [4.78, 5) is 27.4. The monoisotopic (exact) mass is 319 g/mol. The number of nitrogens with zero attached hydrogens (tertiary/aromatic N) is 1. The molecule has 2 aromatic rings. The van der Waals surface area contributed by atoms with Crippen LogP contribution in [0.15, 0.2) is 29.6 Å². The zero-order valence-electron chi connectivity index (χ0n) is 12.4. The number of hydrogen-bond donors (Lipinski definition) is 2. The zero-order valence-corrected chi connectivity index (χ0v) is 13.2. The third-order valence-corrected chi connectivity index (χ3v) is 3.59. The van der Waals surface area contributed by atoms with E-state index in [0.29, 0.717) is 10.8 Å². The van der Waals surface area contributed by atoms with Gasteiger partial charge in [0.25, 0.3) is 0 Å². The Morgan fingerprint density at radius 1 is 1.18 bits per heavy atom. The van der Waals surface area contributed by atoms with Crippen LogP contribution in [-0.2, 0) is 11.2 Å². The molecule has 0 bridgehead atoms. The Bertz CT molecular complexity index is 652. The number of aryl methyl sites for hydroxylation is 1. The van der Waals surface area contributed by atoms with Gasteiger partial charge in [-0.15, -0.1) is 11.3 Å². The number of rotatable bonds is 5. The molecule has 0 spiro atoms. The highest BCUT2D eigenvalue weighted by atomic mass is 32.1. The molecule has 1 aromatic carbocycles. The molecule has 1 heterocycles. The second kappa shape index (κ2) is 7.56. The maximum atomic E-state index is 11.9. The number of carbonyl (C=O) groups excluding carboxylic acids is 2. The number of ether oxygens (including phenoxy) is 1. The lowest BCUT2D eigenvalue weighted by molar-refractivity contribution is 0.0520. The lowest BCUT2D eigenvalue weighted by Gasteiger charge is -2.06. The van der Waals surface area contributed by atoms with Crippen molar-refractivity contribution in [2.75, 3.05) is 17.2 Å². The van der Waals surface area contributed by atoms with Crippen molar-refractivity contribution in [3.05, 3.63) is 40.9 Å². The number of thiazole rings is 1. The van der Waals surface area contributed by atoms with Crippen LogP contribution in [-0.4, -0.2) is 23.6 Å². The smallest absolute Gasteiger partial charge is 0.357 e. The minimum absolute atomic E-state index is 0.189. The Kier molecular flexibility index (Phi) is 5.48. The molecular formula is C15H17N3O3S. The predicted octanol–water partition coefficient (Wildman–Crippen LogP) is 3.53. The normalized spacial score (nSPS) is 10.1. The summed E-state index contributed by atoms with van der Waals surface area (Å²) in [6.07, 6.45) is 0.947. The summed E-state index contributed by atoms with van der Waals surface area (Å²) in [6.45, 7) is 4.08. The molecule has 22 heavy (non-hydrogen) atoms. The summed E-state index contributed by atoms with van der Waals surface area (Å²) in [5, 5.41) is 7.18. The standard InChI is InChI=1S/C15H17N3O3S/c1-3-10-5-7-11(8-6-10)16-14(20)18-15-17-12(9-22-15)13(19)21-4-2/h5-9H,3-4H2,1-2H3,(H2,16,17,18,20). The van der Waals surface area contributed by atoms with E-state index in [1.165, 1.54) is 5.56 Å². The molecule has 6 nitrogen and oxygen atoms in total. The van der Waals surface area contributed by atoms with Gasteiger partial charge in [-0.05, 0) is 31.0 Å². The van der Waals surface area contributed by atoms with E-state index in [-0.39, 0.29) is 12.3 Å². The molecule has 0 atom stereocenters. The summed E-state index contributed by atoms with van der Waals surface area (Å²) in [5.74, 6) is -0.498. The van der Waals surface area contributed by atoms with Gasteiger partial charge in [-0.25, -0.2) is 14.6 Å². The maximum Gasteiger partial charge on any atom is 0.357 e. The molecule has 2 N–H and O–H groups in total. The van der Waals surface area contributed by atoms with Crippen molar-refractivity contribution in [2.45, 2.75) is 20.3 Å². The molecule has 0 unspecified atom stereocenters. The molecule has 0 fully saturated rings. The van der Waals surface area contributed by atoms with E-state index in [1.54, 1.807) is 12.3 Å². The van der Waals surface area contributed by atoms with Crippen LogP contribution >= 0.6 is 11.3 Å². The van der Waals surface area contributed by atoms with Gasteiger partial charge in [-0.2, -0.15) is 0 Å². The first kappa shape index (κ1) is 16.0. The van der Waals surface area contributed by atoms with Gasteiger partial charge < -0.3 is 10.1 Å². The van der Waals surface area contributed by atoms with Crippen molar-refractivity contribution in [1.82, 2.24) is 4.98 Å². The average molecular weight is 319 g/mol. The Hall–Kier alpha value is -2.41. The van der Waals surface area contributed by atoms with Gasteiger partial charge >= 0.3 is 12.0 Å². The fraction of sp³-hybridized carbons (Fsp3) is 0.267. The number of benzene rings is 1. The molecule has 0 saturated carbocycles. The molecule has 2 amide bonds. The lowest BCUT2D eigenvalue weighted by Crippen LogP contribution is -2.19. The molecule has 0 aliphatic heterocycles. The highest BCUT2D eigenvalue weighted by Gasteiger charge is 2.13. The Morgan fingerprint density at radius 3 is 2.55 bits per heavy atom. The van der Waals surface area contributed by atoms with Crippen LogP contribution in [0.3, 0.4) is 0 Å². The third kappa shape index (κ3) is 4.29. The Balaban J connectivity index is 1.92. The van der Waals surface area contributed by atoms with Crippen LogP contribution in [0.4, 0.5) is 15.6 Å². The van der Waals surface area contributed by atoms with Gasteiger partial charge in [0.05, 0.1) is 6.61 Å². The molecule has 0 radical (unpaired) electrons. The van der Waals surface area contributed by atoms with Gasteiger partial charge in [0.1, 0.15) is 0 Å². The molecule has 116 valence electrons. The predicted molar refractivity (Wildman–Crippen MR) is 86.5 cm³/mol. The van der Waals surface area contributed by atoms with Crippen LogP contribution in [0.25, 0.3) is 0 Å². The van der Waals surface area contributed by atoms with Crippen molar-refractivity contribution >= 4 is 34.2 Å². The van der Waals surface area contributed by atoms with Crippen molar-refractivity contribution in [1.29, 1.82) is 0 Å². The summed E-state index contributed by atoms with van der Waals surface area (Å²) in [6, 6.07) is 7.18. The molecule has 0 aliphatic carbocycles. The molecule has 1 aromatic heterocycles. The first-order chi connectivity index (χ1) is 10.6. The first-order valence-corrected chi connectivity index (χ1v) is 7.80. The maximum absolute atomic E-state index is 11.9. The van der Waals surface area contributed by atoms with Crippen molar-refractivity contribution in [3.63, 3.8) is 0 Å². The SMILES string of the molecule is CCOC(=O)c1csc(NC(=O)Nc2ccc(CC)cc2)n1. The van der Waals surface area contributed by atoms with Gasteiger partial charge in [-0.3, -0.25) is 5.32 Å². The molecule has 0 aliphatic rings. The second-order valence-corrected chi connectivity index (χ2v) is 5.25. The van der Waals surface area contributed by atoms with Crippen molar-refractivity contribution < 1.29 is 14.3 Å². The number of nitrogens with one attached hydrogen (secondary N) is 2. The van der Waals surface area contributed by atoms with E-state index in [1.807, 2.05) is 24.3 Å². The number of hydrogen-bond acceptors (Lipinski definition) is 5. The lowest BCUT2D eigenvalue weighted by atomic mass is 10.1. The Labute approximate surface area is 132 Å². The Morgan fingerprint density at radius 2 is 1.91 bits per heavy atom. The number of esters is 1. The number of aromatic nitrogens is 1. The van der Waals surface area contributed by atoms with Crippen LogP contribution in [0.2, 0.25) is 0 Å². The van der Waals surface area contributed by atoms with Crippen molar-refractivity contribution in [2.24, 2.45) is 0 Å². The van der Waals surface area contributed by atoms with Crippen molar-refractivity contribution in [3.8, 4) is 0 Å². The van der Waals surface area contributed by atoms with Crippen LogP contribution in [0.5, 0.6) is 0 Å². The number of urea groups is 1. The molecular weight excluding hydrogens is 302 g/mol. The number of anilines is 2. The topological polar surface area (TPSA) is 80.3 Å². The summed E-state index contributed by atoms with van der Waals surface area (Å²) >= 11 is 1.16. The zero-order chi connectivity index (χ0) is 15.9.